The topological polar surface area (TPSA) is 128 Å². The lowest BCUT2D eigenvalue weighted by atomic mass is 9.93. The molecule has 2 aromatic heterocycles. The molecule has 10 heteroatoms. The van der Waals surface area contributed by atoms with E-state index in [1.54, 1.807) is 18.2 Å². The summed E-state index contributed by atoms with van der Waals surface area (Å²) in [5, 5.41) is 11.2. The Hall–Kier alpha value is -5.09. The zero-order valence-electron chi connectivity index (χ0n) is 25.7. The number of hydrogen-bond acceptors (Lipinski definition) is 7. The number of fused-ring (bicyclic) bond motifs is 3. The normalized spacial score (nSPS) is 16.2. The summed E-state index contributed by atoms with van der Waals surface area (Å²) in [5.41, 5.74) is 12.7. The number of anilines is 3. The molecule has 0 radical (unpaired) electrons. The van der Waals surface area contributed by atoms with Gasteiger partial charge in [0.2, 0.25) is 0 Å². The highest BCUT2D eigenvalue weighted by Crippen LogP contribution is 2.39. The molecule has 2 aliphatic rings. The fraction of sp³-hybridized carbons (Fsp3) is 0.286. The van der Waals surface area contributed by atoms with Crippen LogP contribution in [0.1, 0.15) is 50.5 Å². The number of nitrogens with two attached hydrogens (primary N) is 1. The highest BCUT2D eigenvalue weighted by molar-refractivity contribution is 6.10. The van der Waals surface area contributed by atoms with Crippen molar-refractivity contribution in [3.8, 4) is 22.8 Å². The molecule has 3 heterocycles. The lowest BCUT2D eigenvalue weighted by Crippen LogP contribution is -2.26. The molecule has 5 aromatic rings. The van der Waals surface area contributed by atoms with E-state index in [0.29, 0.717) is 47.9 Å². The predicted octanol–water partition coefficient (Wildman–Crippen LogP) is 6.83. The van der Waals surface area contributed by atoms with Crippen molar-refractivity contribution < 1.29 is 14.3 Å². The highest BCUT2D eigenvalue weighted by Gasteiger charge is 2.25. The molecule has 45 heavy (non-hydrogen) atoms. The number of benzene rings is 3. The molecule has 1 aliphatic heterocycles. The summed E-state index contributed by atoms with van der Waals surface area (Å²) < 4.78 is 13.5. The third-order valence-electron chi connectivity index (χ3n) is 8.60. The van der Waals surface area contributed by atoms with Crippen LogP contribution in [0.4, 0.5) is 22.0 Å². The van der Waals surface area contributed by atoms with Gasteiger partial charge in [0.25, 0.3) is 0 Å². The van der Waals surface area contributed by atoms with Crippen LogP contribution in [-0.4, -0.2) is 46.7 Å². The van der Waals surface area contributed by atoms with Gasteiger partial charge in [-0.05, 0) is 55.5 Å². The van der Waals surface area contributed by atoms with Crippen molar-refractivity contribution in [1.82, 2.24) is 19.7 Å². The molecule has 5 N–H and O–H groups in total. The quantitative estimate of drug-likeness (QED) is 0.168. The number of aromatic nitrogens is 3. The van der Waals surface area contributed by atoms with Gasteiger partial charge in [-0.2, -0.15) is 0 Å². The van der Waals surface area contributed by atoms with E-state index in [1.807, 2.05) is 43.6 Å². The minimum atomic E-state index is -0.363. The van der Waals surface area contributed by atoms with E-state index < -0.39 is 0 Å². The second-order valence-corrected chi connectivity index (χ2v) is 11.8. The van der Waals surface area contributed by atoms with E-state index in [4.69, 9.17) is 20.2 Å². The summed E-state index contributed by atoms with van der Waals surface area (Å²) in [4.78, 5) is 23.0. The van der Waals surface area contributed by atoms with Crippen molar-refractivity contribution in [1.29, 1.82) is 0 Å². The van der Waals surface area contributed by atoms with Gasteiger partial charge in [0, 0.05) is 34.7 Å². The van der Waals surface area contributed by atoms with Crippen LogP contribution in [0.25, 0.3) is 33.1 Å². The number of nitrogen functional groups attached to an aromatic ring is 1. The van der Waals surface area contributed by atoms with Crippen LogP contribution in [0.2, 0.25) is 0 Å². The maximum absolute atomic E-state index is 13.1. The van der Waals surface area contributed by atoms with Crippen LogP contribution in [0.15, 0.2) is 66.9 Å². The molecule has 0 bridgehead atoms. The SMILES string of the molecule is CNC1CC=C(c2cnc(N)c3c(-c4cccc5c(NC(=O)Nc6ccc7c(c6)OCCO7)cccc45)nc(C(C)C)n23)CC1. The number of hydrogen-bond donors (Lipinski definition) is 4. The van der Waals surface area contributed by atoms with Crippen LogP contribution < -0.4 is 31.2 Å². The number of nitrogens with zero attached hydrogens (tertiary/aromatic N) is 3. The van der Waals surface area contributed by atoms with E-state index in [9.17, 15) is 4.79 Å². The fourth-order valence-electron chi connectivity index (χ4n) is 6.33. The van der Waals surface area contributed by atoms with Crippen molar-refractivity contribution in [3.05, 3.63) is 78.4 Å². The van der Waals surface area contributed by atoms with Crippen LogP contribution in [0.3, 0.4) is 0 Å². The van der Waals surface area contributed by atoms with Gasteiger partial charge in [-0.1, -0.05) is 50.3 Å². The Bertz CT molecular complexity index is 1960. The Labute approximate surface area is 261 Å². The highest BCUT2D eigenvalue weighted by atomic mass is 16.6. The molecule has 1 aliphatic carbocycles. The number of allylic oxidation sites excluding steroid dienone is 1. The molecule has 0 saturated carbocycles. The van der Waals surface area contributed by atoms with Crippen molar-refractivity contribution in [3.63, 3.8) is 0 Å². The lowest BCUT2D eigenvalue weighted by molar-refractivity contribution is 0.171. The van der Waals surface area contributed by atoms with Gasteiger partial charge >= 0.3 is 6.03 Å². The van der Waals surface area contributed by atoms with Crippen LogP contribution >= 0.6 is 0 Å². The Kier molecular flexibility index (Phi) is 7.50. The number of carbonyl (C=O) groups is 1. The smallest absolute Gasteiger partial charge is 0.323 e. The molecule has 1 unspecified atom stereocenters. The number of urea groups is 1. The third kappa shape index (κ3) is 5.31. The van der Waals surface area contributed by atoms with Gasteiger partial charge in [0.05, 0.1) is 17.6 Å². The molecule has 10 nitrogen and oxygen atoms in total. The molecule has 0 spiro atoms. The first-order valence-electron chi connectivity index (χ1n) is 15.4. The predicted molar refractivity (Wildman–Crippen MR) is 179 cm³/mol. The first-order valence-corrected chi connectivity index (χ1v) is 15.4. The van der Waals surface area contributed by atoms with E-state index >= 15 is 0 Å². The monoisotopic (exact) mass is 603 g/mol. The number of rotatable bonds is 6. The zero-order chi connectivity index (χ0) is 31.1. The number of ether oxygens (including phenoxy) is 2. The second-order valence-electron chi connectivity index (χ2n) is 11.8. The zero-order valence-corrected chi connectivity index (χ0v) is 25.7. The molecule has 2 amide bonds. The van der Waals surface area contributed by atoms with E-state index in [2.05, 4.69) is 51.3 Å². The molecule has 0 saturated heterocycles. The molecule has 3 aromatic carbocycles. The minimum absolute atomic E-state index is 0.150. The summed E-state index contributed by atoms with van der Waals surface area (Å²) in [5.74, 6) is 2.80. The number of amides is 2. The summed E-state index contributed by atoms with van der Waals surface area (Å²) in [6, 6.07) is 17.4. The van der Waals surface area contributed by atoms with Gasteiger partial charge in [0.15, 0.2) is 11.5 Å². The number of carbonyl (C=O) groups excluding carboxylic acids is 1. The molecule has 7 rings (SSSR count). The molecule has 0 fully saturated rings. The Morgan fingerprint density at radius 3 is 2.60 bits per heavy atom. The summed E-state index contributed by atoms with van der Waals surface area (Å²) >= 11 is 0. The summed E-state index contributed by atoms with van der Waals surface area (Å²) in [7, 11) is 2.02. The second kappa shape index (κ2) is 11.8. The molecule has 1 atom stereocenters. The fourth-order valence-corrected chi connectivity index (χ4v) is 6.33. The Balaban J connectivity index is 1.27. The van der Waals surface area contributed by atoms with Gasteiger partial charge in [-0.25, -0.2) is 14.8 Å². The van der Waals surface area contributed by atoms with Crippen LogP contribution in [-0.2, 0) is 0 Å². The summed E-state index contributed by atoms with van der Waals surface area (Å²) in [6.45, 7) is 5.29. The first-order chi connectivity index (χ1) is 21.9. The van der Waals surface area contributed by atoms with Gasteiger partial charge in [-0.15, -0.1) is 0 Å². The first kappa shape index (κ1) is 28.7. The molecule has 230 valence electrons. The number of imidazole rings is 1. The van der Waals surface area contributed by atoms with E-state index in [0.717, 1.165) is 58.3 Å². The van der Waals surface area contributed by atoms with E-state index in [1.165, 1.54) is 5.57 Å². The average molecular weight is 604 g/mol. The Morgan fingerprint density at radius 1 is 1.02 bits per heavy atom. The van der Waals surface area contributed by atoms with Crippen molar-refractivity contribution in [2.45, 2.75) is 45.1 Å². The van der Waals surface area contributed by atoms with Crippen molar-refractivity contribution >= 4 is 45.1 Å². The third-order valence-corrected chi connectivity index (χ3v) is 8.60. The summed E-state index contributed by atoms with van der Waals surface area (Å²) in [6.07, 6.45) is 7.18. The molecular weight excluding hydrogens is 566 g/mol. The lowest BCUT2D eigenvalue weighted by Gasteiger charge is -2.22. The average Bonchev–Trinajstić information content (AvgIpc) is 3.47. The molecular formula is C35H37N7O3. The standard InChI is InChI=1S/C35H37N7O3/c1-20(2)34-41-31(32-33(36)38-19-28(42(32)34)21-10-12-22(37-3)13-11-21)26-8-4-7-25-24(26)6-5-9-27(25)40-35(43)39-23-14-15-29-30(18-23)45-17-16-44-29/h4-10,14-15,18-20,22,37H,11-13,16-17H2,1-3H3,(H2,36,38)(H2,39,40,43). The largest absolute Gasteiger partial charge is 0.486 e. The van der Waals surface area contributed by atoms with Gasteiger partial charge in [0.1, 0.15) is 36.1 Å². The van der Waals surface area contributed by atoms with E-state index in [-0.39, 0.29) is 11.9 Å². The number of nitrogens with one attached hydrogen (secondary N) is 3. The van der Waals surface area contributed by atoms with Crippen molar-refractivity contribution in [2.24, 2.45) is 0 Å². The maximum atomic E-state index is 13.1. The van der Waals surface area contributed by atoms with Gasteiger partial charge in [-0.3, -0.25) is 4.40 Å². The van der Waals surface area contributed by atoms with Crippen LogP contribution in [0.5, 0.6) is 11.5 Å². The minimum Gasteiger partial charge on any atom is -0.486 e. The Morgan fingerprint density at radius 2 is 1.82 bits per heavy atom. The van der Waals surface area contributed by atoms with Crippen molar-refractivity contribution in [2.75, 3.05) is 36.6 Å². The maximum Gasteiger partial charge on any atom is 0.323 e. The van der Waals surface area contributed by atoms with Gasteiger partial charge < -0.3 is 31.2 Å². The van der Waals surface area contributed by atoms with Crippen LogP contribution in [0, 0.1) is 0 Å².